The van der Waals surface area contributed by atoms with Gasteiger partial charge in [-0.3, -0.25) is 0 Å². The largest absolute Gasteiger partial charge is 0.501 e. The highest BCUT2D eigenvalue weighted by Crippen LogP contribution is 2.63. The van der Waals surface area contributed by atoms with E-state index in [1.54, 1.807) is 6.07 Å². The van der Waals surface area contributed by atoms with Crippen molar-refractivity contribution >= 4 is 32.6 Å². The van der Waals surface area contributed by atoms with Crippen LogP contribution in [-0.2, 0) is 9.84 Å². The van der Waals surface area contributed by atoms with Crippen molar-refractivity contribution in [3.05, 3.63) is 64.4 Å². The third kappa shape index (κ3) is 3.24. The number of allylic oxidation sites excluding steroid dienone is 2. The summed E-state index contributed by atoms with van der Waals surface area (Å²) in [6.07, 6.45) is 3.57. The van der Waals surface area contributed by atoms with E-state index in [2.05, 4.69) is 0 Å². The maximum Gasteiger partial charge on any atom is 0.501 e. The first-order chi connectivity index (χ1) is 13.0. The van der Waals surface area contributed by atoms with Crippen LogP contribution in [0, 0.1) is 11.2 Å². The van der Waals surface area contributed by atoms with Crippen LogP contribution < -0.4 is 0 Å². The van der Waals surface area contributed by atoms with Crippen LogP contribution in [0.5, 0.6) is 0 Å². The van der Waals surface area contributed by atoms with Gasteiger partial charge in [-0.25, -0.2) is 12.8 Å². The van der Waals surface area contributed by atoms with Gasteiger partial charge in [-0.05, 0) is 77.6 Å². The Morgan fingerprint density at radius 3 is 1.93 bits per heavy atom. The number of hydrogen-bond acceptors (Lipinski definition) is 2. The molecule has 1 fully saturated rings. The van der Waals surface area contributed by atoms with Gasteiger partial charge >= 0.3 is 5.51 Å². The van der Waals surface area contributed by atoms with E-state index in [1.807, 2.05) is 0 Å². The van der Waals surface area contributed by atoms with E-state index >= 15 is 0 Å². The van der Waals surface area contributed by atoms with Crippen molar-refractivity contribution in [2.75, 3.05) is 0 Å². The molecule has 0 N–H and O–H groups in total. The second-order valence-electron chi connectivity index (χ2n) is 7.41. The average molecular weight is 431 g/mol. The minimum absolute atomic E-state index is 0.0201. The van der Waals surface area contributed by atoms with Crippen molar-refractivity contribution in [3.63, 3.8) is 0 Å². The number of benzene rings is 2. The fourth-order valence-electron chi connectivity index (χ4n) is 3.76. The van der Waals surface area contributed by atoms with Gasteiger partial charge in [0.1, 0.15) is 5.82 Å². The fourth-order valence-corrected chi connectivity index (χ4v) is 4.64. The summed E-state index contributed by atoms with van der Waals surface area (Å²) in [7, 11) is -5.38. The first-order valence-corrected chi connectivity index (χ1v) is 10.5. The molecule has 4 rings (SSSR count). The molecule has 1 spiro atoms. The van der Waals surface area contributed by atoms with E-state index in [0.717, 1.165) is 49.0 Å². The Morgan fingerprint density at radius 2 is 1.43 bits per heavy atom. The minimum Gasteiger partial charge on any atom is -0.214 e. The molecule has 0 aromatic heterocycles. The van der Waals surface area contributed by atoms with Crippen LogP contribution >= 0.6 is 11.6 Å². The van der Waals surface area contributed by atoms with Crippen molar-refractivity contribution < 1.29 is 26.0 Å². The van der Waals surface area contributed by atoms with Crippen LogP contribution in [0.1, 0.15) is 36.8 Å². The fraction of sp³-hybridized carbons (Fsp3) is 0.300. The molecule has 0 heterocycles. The molecule has 0 radical (unpaired) electrons. The zero-order chi connectivity index (χ0) is 20.3. The van der Waals surface area contributed by atoms with E-state index < -0.39 is 26.1 Å². The SMILES string of the molecule is O=S(=O)(c1ccc(C2=C(c3ccc(Cl)c(F)c3)CC3(CC3)C2)cc1)C(F)(F)F. The maximum absolute atomic E-state index is 13.9. The normalized spacial score (nSPS) is 18.8. The van der Waals surface area contributed by atoms with Crippen LogP contribution in [0.2, 0.25) is 5.02 Å². The number of alkyl halides is 3. The lowest BCUT2D eigenvalue weighted by atomic mass is 9.97. The second kappa shape index (κ2) is 6.32. The van der Waals surface area contributed by atoms with Gasteiger partial charge < -0.3 is 0 Å². The van der Waals surface area contributed by atoms with Gasteiger partial charge in [0, 0.05) is 0 Å². The highest BCUT2D eigenvalue weighted by atomic mass is 35.5. The Hall–Kier alpha value is -1.86. The molecule has 2 nitrogen and oxygen atoms in total. The quantitative estimate of drug-likeness (QED) is 0.539. The Balaban J connectivity index is 1.76. The topological polar surface area (TPSA) is 34.1 Å². The number of halogens is 5. The number of rotatable bonds is 3. The molecule has 28 heavy (non-hydrogen) atoms. The third-order valence-corrected chi connectivity index (χ3v) is 7.32. The lowest BCUT2D eigenvalue weighted by Crippen LogP contribution is -2.23. The second-order valence-corrected chi connectivity index (χ2v) is 9.76. The summed E-state index contributed by atoms with van der Waals surface area (Å²) in [6, 6.07) is 9.30. The molecule has 2 aliphatic rings. The first kappa shape index (κ1) is 19.5. The van der Waals surface area contributed by atoms with Crippen LogP contribution in [0.15, 0.2) is 47.4 Å². The molecule has 2 aromatic carbocycles. The van der Waals surface area contributed by atoms with Crippen molar-refractivity contribution in [1.82, 2.24) is 0 Å². The third-order valence-electron chi connectivity index (χ3n) is 5.51. The highest BCUT2D eigenvalue weighted by molar-refractivity contribution is 7.92. The summed E-state index contributed by atoms with van der Waals surface area (Å²) < 4.78 is 75.3. The lowest BCUT2D eigenvalue weighted by Gasteiger charge is -2.11. The van der Waals surface area contributed by atoms with Gasteiger partial charge in [0.15, 0.2) is 0 Å². The average Bonchev–Trinajstić information content (AvgIpc) is 3.27. The molecule has 148 valence electrons. The van der Waals surface area contributed by atoms with Gasteiger partial charge in [0.25, 0.3) is 9.84 Å². The summed E-state index contributed by atoms with van der Waals surface area (Å²) in [6.45, 7) is 0. The molecule has 0 amide bonds. The van der Waals surface area contributed by atoms with Crippen LogP contribution in [0.4, 0.5) is 17.6 Å². The smallest absolute Gasteiger partial charge is 0.214 e. The van der Waals surface area contributed by atoms with Gasteiger partial charge in [-0.15, -0.1) is 0 Å². The van der Waals surface area contributed by atoms with Crippen molar-refractivity contribution in [2.24, 2.45) is 5.41 Å². The van der Waals surface area contributed by atoms with Gasteiger partial charge in [0.05, 0.1) is 9.92 Å². The minimum atomic E-state index is -5.38. The van der Waals surface area contributed by atoms with Gasteiger partial charge in [0.2, 0.25) is 0 Å². The molecule has 0 unspecified atom stereocenters. The first-order valence-electron chi connectivity index (χ1n) is 8.62. The van der Waals surface area contributed by atoms with Crippen molar-refractivity contribution in [1.29, 1.82) is 0 Å². The Labute approximate surface area is 164 Å². The molecule has 0 bridgehead atoms. The molecular formula is C20H15ClF4O2S. The Kier molecular flexibility index (Phi) is 4.39. The van der Waals surface area contributed by atoms with Gasteiger partial charge in [-0.2, -0.15) is 13.2 Å². The number of sulfone groups is 1. The summed E-state index contributed by atoms with van der Waals surface area (Å²) in [4.78, 5) is -0.789. The van der Waals surface area contributed by atoms with E-state index in [1.165, 1.54) is 24.3 Å². The molecule has 1 saturated carbocycles. The maximum atomic E-state index is 13.9. The molecule has 0 atom stereocenters. The van der Waals surface area contributed by atoms with Crippen LogP contribution in [0.3, 0.4) is 0 Å². The van der Waals surface area contributed by atoms with E-state index in [0.29, 0.717) is 11.1 Å². The highest BCUT2D eigenvalue weighted by Gasteiger charge is 2.49. The predicted octanol–water partition coefficient (Wildman–Crippen LogP) is 6.26. The number of hydrogen-bond donors (Lipinski definition) is 0. The predicted molar refractivity (Wildman–Crippen MR) is 98.8 cm³/mol. The monoisotopic (exact) mass is 430 g/mol. The molecule has 2 aliphatic carbocycles. The summed E-state index contributed by atoms with van der Waals surface area (Å²) in [5.41, 5.74) is -2.04. The summed E-state index contributed by atoms with van der Waals surface area (Å²) >= 11 is 5.77. The van der Waals surface area contributed by atoms with E-state index in [-0.39, 0.29) is 10.4 Å². The van der Waals surface area contributed by atoms with Crippen molar-refractivity contribution in [2.45, 2.75) is 36.1 Å². The van der Waals surface area contributed by atoms with E-state index in [9.17, 15) is 26.0 Å². The van der Waals surface area contributed by atoms with Crippen LogP contribution in [0.25, 0.3) is 11.1 Å². The van der Waals surface area contributed by atoms with E-state index in [4.69, 9.17) is 11.6 Å². The zero-order valence-corrected chi connectivity index (χ0v) is 16.1. The van der Waals surface area contributed by atoms with Crippen LogP contribution in [-0.4, -0.2) is 13.9 Å². The van der Waals surface area contributed by atoms with Crippen molar-refractivity contribution in [3.8, 4) is 0 Å². The summed E-state index contributed by atoms with van der Waals surface area (Å²) in [5.74, 6) is -0.533. The molecule has 8 heteroatoms. The summed E-state index contributed by atoms with van der Waals surface area (Å²) in [5, 5.41) is 0.0201. The molecule has 2 aromatic rings. The zero-order valence-electron chi connectivity index (χ0n) is 14.5. The molecule has 0 saturated heterocycles. The standard InChI is InChI=1S/C20H15ClF4O2S/c21-17-6-3-13(9-18(17)22)16-11-19(7-8-19)10-15(16)12-1-4-14(5-2-12)28(26,27)20(23,24)25/h1-6,9H,7-8,10-11H2. The Morgan fingerprint density at radius 1 is 0.893 bits per heavy atom. The molecular weight excluding hydrogens is 416 g/mol. The lowest BCUT2D eigenvalue weighted by molar-refractivity contribution is -0.0436. The van der Waals surface area contributed by atoms with Gasteiger partial charge in [-0.1, -0.05) is 29.8 Å². The molecule has 0 aliphatic heterocycles. The Bertz CT molecular complexity index is 1080.